The lowest BCUT2D eigenvalue weighted by atomic mass is 9.87. The van der Waals surface area contributed by atoms with Crippen molar-refractivity contribution in [3.63, 3.8) is 0 Å². The molecule has 3 nitrogen and oxygen atoms in total. The summed E-state index contributed by atoms with van der Waals surface area (Å²) >= 11 is 0. The van der Waals surface area contributed by atoms with Gasteiger partial charge in [-0.3, -0.25) is 4.90 Å². The van der Waals surface area contributed by atoms with E-state index in [0.717, 1.165) is 13.2 Å². The van der Waals surface area contributed by atoms with Crippen molar-refractivity contribution in [2.24, 2.45) is 11.1 Å². The van der Waals surface area contributed by atoms with Gasteiger partial charge in [-0.1, -0.05) is 18.0 Å². The Hall–Kier alpha value is -0.570. The van der Waals surface area contributed by atoms with Crippen molar-refractivity contribution >= 4 is 6.21 Å². The molecular weight excluding hydrogens is 188 g/mol. The number of piperidine rings is 1. The zero-order valence-corrected chi connectivity index (χ0v) is 9.53. The Morgan fingerprint density at radius 1 is 1.13 bits per heavy atom. The highest BCUT2D eigenvalue weighted by Gasteiger charge is 2.14. The molecule has 2 rings (SSSR count). The third kappa shape index (κ3) is 3.82. The van der Waals surface area contributed by atoms with Crippen molar-refractivity contribution in [2.45, 2.75) is 38.5 Å². The molecule has 0 radical (unpaired) electrons. The second kappa shape index (κ2) is 6.11. The van der Waals surface area contributed by atoms with Crippen LogP contribution in [-0.2, 0) is 4.84 Å². The molecule has 1 saturated heterocycles. The summed E-state index contributed by atoms with van der Waals surface area (Å²) in [7, 11) is 0. The molecule has 0 amide bonds. The monoisotopic (exact) mass is 210 g/mol. The average molecular weight is 210 g/mol. The van der Waals surface area contributed by atoms with Gasteiger partial charge in [-0.15, -0.1) is 0 Å². The predicted molar refractivity (Wildman–Crippen MR) is 62.1 cm³/mol. The Bertz CT molecular complexity index is 196. The topological polar surface area (TPSA) is 24.8 Å². The number of oxime groups is 1. The third-order valence-electron chi connectivity index (χ3n) is 3.44. The van der Waals surface area contributed by atoms with Gasteiger partial charge in [0.1, 0.15) is 6.61 Å². The lowest BCUT2D eigenvalue weighted by Crippen LogP contribution is -2.32. The zero-order chi connectivity index (χ0) is 10.3. The van der Waals surface area contributed by atoms with E-state index in [1.165, 1.54) is 51.6 Å². The molecular formula is C12H22N2O. The second-order valence-electron chi connectivity index (χ2n) is 4.68. The van der Waals surface area contributed by atoms with Gasteiger partial charge in [0.15, 0.2) is 0 Å². The second-order valence-corrected chi connectivity index (χ2v) is 4.68. The highest BCUT2D eigenvalue weighted by molar-refractivity contribution is 5.60. The SMILES string of the molecule is C(=NOCCN1CCCCC1)C1CCC1. The fourth-order valence-electron chi connectivity index (χ4n) is 2.12. The van der Waals surface area contributed by atoms with Gasteiger partial charge < -0.3 is 4.84 Å². The van der Waals surface area contributed by atoms with Crippen molar-refractivity contribution in [3.05, 3.63) is 0 Å². The van der Waals surface area contributed by atoms with Crippen molar-refractivity contribution in [2.75, 3.05) is 26.2 Å². The number of hydrogen-bond donors (Lipinski definition) is 0. The smallest absolute Gasteiger partial charge is 0.129 e. The molecule has 3 heteroatoms. The molecule has 0 aromatic carbocycles. The fourth-order valence-corrected chi connectivity index (χ4v) is 2.12. The minimum atomic E-state index is 0.708. The molecule has 0 bridgehead atoms. The normalized spacial score (nSPS) is 24.3. The molecule has 1 saturated carbocycles. The number of rotatable bonds is 5. The van der Waals surface area contributed by atoms with Gasteiger partial charge in [0.2, 0.25) is 0 Å². The first-order chi connectivity index (χ1) is 7.45. The molecule has 0 spiro atoms. The first kappa shape index (κ1) is 10.9. The average Bonchev–Trinajstić information content (AvgIpc) is 2.22. The highest BCUT2D eigenvalue weighted by atomic mass is 16.6. The van der Waals surface area contributed by atoms with E-state index in [-0.39, 0.29) is 0 Å². The van der Waals surface area contributed by atoms with Crippen LogP contribution in [0.5, 0.6) is 0 Å². The maximum absolute atomic E-state index is 5.27. The highest BCUT2D eigenvalue weighted by Crippen LogP contribution is 2.23. The number of nitrogens with zero attached hydrogens (tertiary/aromatic N) is 2. The van der Waals surface area contributed by atoms with Crippen molar-refractivity contribution in [1.29, 1.82) is 0 Å². The summed E-state index contributed by atoms with van der Waals surface area (Å²) in [5, 5.41) is 4.03. The molecule has 1 heterocycles. The van der Waals surface area contributed by atoms with Crippen LogP contribution in [0.25, 0.3) is 0 Å². The van der Waals surface area contributed by atoms with E-state index in [4.69, 9.17) is 4.84 Å². The van der Waals surface area contributed by atoms with Crippen LogP contribution in [0, 0.1) is 5.92 Å². The van der Waals surface area contributed by atoms with Gasteiger partial charge >= 0.3 is 0 Å². The summed E-state index contributed by atoms with van der Waals surface area (Å²) in [6.45, 7) is 4.29. The molecule has 1 aliphatic carbocycles. The first-order valence-electron chi connectivity index (χ1n) is 6.33. The van der Waals surface area contributed by atoms with Crippen molar-refractivity contribution in [3.8, 4) is 0 Å². The summed E-state index contributed by atoms with van der Waals surface area (Å²) in [4.78, 5) is 7.75. The molecule has 0 aromatic rings. The Labute approximate surface area is 92.5 Å². The summed E-state index contributed by atoms with van der Waals surface area (Å²) < 4.78 is 0. The maximum atomic E-state index is 5.27. The Kier molecular flexibility index (Phi) is 4.45. The molecule has 15 heavy (non-hydrogen) atoms. The summed E-state index contributed by atoms with van der Waals surface area (Å²) in [6, 6.07) is 0. The van der Waals surface area contributed by atoms with E-state index in [1.807, 2.05) is 6.21 Å². The van der Waals surface area contributed by atoms with Crippen LogP contribution in [-0.4, -0.2) is 37.4 Å². The zero-order valence-electron chi connectivity index (χ0n) is 9.53. The summed E-state index contributed by atoms with van der Waals surface area (Å²) in [5.74, 6) is 0.708. The van der Waals surface area contributed by atoms with Crippen molar-refractivity contribution in [1.82, 2.24) is 4.90 Å². The lowest BCUT2D eigenvalue weighted by Gasteiger charge is -2.25. The summed E-state index contributed by atoms with van der Waals surface area (Å²) in [5.41, 5.74) is 0. The van der Waals surface area contributed by atoms with Crippen LogP contribution in [0.3, 0.4) is 0 Å². The van der Waals surface area contributed by atoms with Gasteiger partial charge in [0.05, 0.1) is 0 Å². The van der Waals surface area contributed by atoms with Crippen LogP contribution < -0.4 is 0 Å². The Balaban J connectivity index is 1.48. The van der Waals surface area contributed by atoms with Gasteiger partial charge in [-0.2, -0.15) is 0 Å². The largest absolute Gasteiger partial charge is 0.395 e. The van der Waals surface area contributed by atoms with Crippen LogP contribution in [0.15, 0.2) is 5.16 Å². The number of likely N-dealkylation sites (tertiary alicyclic amines) is 1. The Morgan fingerprint density at radius 3 is 2.60 bits per heavy atom. The summed E-state index contributed by atoms with van der Waals surface area (Å²) in [6.07, 6.45) is 10.1. The fraction of sp³-hybridized carbons (Fsp3) is 0.917. The quantitative estimate of drug-likeness (QED) is 0.395. The molecule has 0 aromatic heterocycles. The minimum Gasteiger partial charge on any atom is -0.395 e. The molecule has 1 aliphatic heterocycles. The van der Waals surface area contributed by atoms with Crippen LogP contribution in [0.1, 0.15) is 38.5 Å². The third-order valence-corrected chi connectivity index (χ3v) is 3.44. The Morgan fingerprint density at radius 2 is 1.93 bits per heavy atom. The molecule has 0 N–H and O–H groups in total. The molecule has 86 valence electrons. The van der Waals surface area contributed by atoms with Gasteiger partial charge in [-0.25, -0.2) is 0 Å². The predicted octanol–water partition coefficient (Wildman–Crippen LogP) is 2.27. The molecule has 0 atom stereocenters. The molecule has 0 unspecified atom stereocenters. The van der Waals surface area contributed by atoms with E-state index >= 15 is 0 Å². The van der Waals surface area contributed by atoms with Crippen LogP contribution in [0.2, 0.25) is 0 Å². The van der Waals surface area contributed by atoms with Crippen LogP contribution >= 0.6 is 0 Å². The standard InChI is InChI=1S/C12H22N2O/c1-2-7-14(8-3-1)9-10-15-13-11-12-5-4-6-12/h11-12H,1-10H2. The van der Waals surface area contributed by atoms with Gasteiger partial charge in [0, 0.05) is 12.8 Å². The maximum Gasteiger partial charge on any atom is 0.129 e. The minimum absolute atomic E-state index is 0.708. The van der Waals surface area contributed by atoms with E-state index in [0.29, 0.717) is 5.92 Å². The van der Waals surface area contributed by atoms with E-state index in [1.54, 1.807) is 0 Å². The number of hydrogen-bond acceptors (Lipinski definition) is 3. The van der Waals surface area contributed by atoms with E-state index in [2.05, 4.69) is 10.1 Å². The lowest BCUT2D eigenvalue weighted by molar-refractivity contribution is 0.102. The van der Waals surface area contributed by atoms with E-state index < -0.39 is 0 Å². The van der Waals surface area contributed by atoms with E-state index in [9.17, 15) is 0 Å². The first-order valence-corrected chi connectivity index (χ1v) is 6.33. The van der Waals surface area contributed by atoms with Crippen LogP contribution in [0.4, 0.5) is 0 Å². The molecule has 2 fully saturated rings. The molecule has 2 aliphatic rings. The van der Waals surface area contributed by atoms with Gasteiger partial charge in [-0.05, 0) is 44.7 Å². The van der Waals surface area contributed by atoms with Gasteiger partial charge in [0.25, 0.3) is 0 Å². The van der Waals surface area contributed by atoms with Crippen molar-refractivity contribution < 1.29 is 4.84 Å².